The molecule has 0 radical (unpaired) electrons. The van der Waals surface area contributed by atoms with E-state index < -0.39 is 0 Å². The first kappa shape index (κ1) is 19.4. The summed E-state index contributed by atoms with van der Waals surface area (Å²) in [5.74, 6) is -0.0123. The van der Waals surface area contributed by atoms with Crippen LogP contribution in [0.4, 0.5) is 5.69 Å². The summed E-state index contributed by atoms with van der Waals surface area (Å²) in [6.45, 7) is 6.05. The summed E-state index contributed by atoms with van der Waals surface area (Å²) >= 11 is 6.14. The summed E-state index contributed by atoms with van der Waals surface area (Å²) in [4.78, 5) is 26.6. The Labute approximate surface area is 164 Å². The van der Waals surface area contributed by atoms with Gasteiger partial charge in [-0.15, -0.1) is 0 Å². The fraction of sp³-hybridized carbons (Fsp3) is 0.450. The van der Waals surface area contributed by atoms with Crippen LogP contribution in [0.25, 0.3) is 0 Å². The van der Waals surface area contributed by atoms with Crippen LogP contribution in [0.15, 0.2) is 24.3 Å². The van der Waals surface area contributed by atoms with Gasteiger partial charge in [0.05, 0.1) is 21.8 Å². The van der Waals surface area contributed by atoms with Gasteiger partial charge in [0.1, 0.15) is 5.69 Å². The number of amides is 2. The maximum absolute atomic E-state index is 12.9. The molecule has 6 nitrogen and oxygen atoms in total. The van der Waals surface area contributed by atoms with Gasteiger partial charge in [-0.2, -0.15) is 5.10 Å². The summed E-state index contributed by atoms with van der Waals surface area (Å²) in [7, 11) is 3.32. The second-order valence-electron chi connectivity index (χ2n) is 8.16. The van der Waals surface area contributed by atoms with E-state index in [2.05, 4.69) is 10.4 Å². The van der Waals surface area contributed by atoms with Gasteiger partial charge in [-0.1, -0.05) is 11.6 Å². The molecular formula is C20H25ClN4O2. The fourth-order valence-electron chi connectivity index (χ4n) is 2.85. The highest BCUT2D eigenvalue weighted by Crippen LogP contribution is 2.40. The lowest BCUT2D eigenvalue weighted by Gasteiger charge is -2.22. The third-order valence-electron chi connectivity index (χ3n) is 4.45. The van der Waals surface area contributed by atoms with Crippen LogP contribution in [0.3, 0.4) is 0 Å². The number of hydrogen-bond donors (Lipinski definition) is 1. The Morgan fingerprint density at radius 2 is 1.89 bits per heavy atom. The van der Waals surface area contributed by atoms with E-state index in [1.54, 1.807) is 37.0 Å². The van der Waals surface area contributed by atoms with E-state index >= 15 is 0 Å². The smallest absolute Gasteiger partial charge is 0.273 e. The zero-order valence-electron chi connectivity index (χ0n) is 16.3. The van der Waals surface area contributed by atoms with Crippen molar-refractivity contribution in [2.24, 2.45) is 0 Å². The van der Waals surface area contributed by atoms with Crippen LogP contribution in [0.1, 0.15) is 66.1 Å². The lowest BCUT2D eigenvalue weighted by molar-refractivity contribution is 0.0827. The van der Waals surface area contributed by atoms with E-state index in [0.717, 1.165) is 18.5 Å². The van der Waals surface area contributed by atoms with E-state index in [-0.39, 0.29) is 17.4 Å². The zero-order valence-corrected chi connectivity index (χ0v) is 17.1. The lowest BCUT2D eigenvalue weighted by atomic mass is 10.1. The number of aromatic nitrogens is 2. The summed E-state index contributed by atoms with van der Waals surface area (Å²) in [5.41, 5.74) is 2.03. The van der Waals surface area contributed by atoms with Gasteiger partial charge in [-0.05, 0) is 57.9 Å². The Morgan fingerprint density at radius 1 is 1.22 bits per heavy atom. The van der Waals surface area contributed by atoms with Crippen molar-refractivity contribution in [2.75, 3.05) is 19.4 Å². The van der Waals surface area contributed by atoms with Crippen LogP contribution < -0.4 is 5.32 Å². The largest absolute Gasteiger partial charge is 0.345 e. The highest BCUT2D eigenvalue weighted by Gasteiger charge is 2.31. The van der Waals surface area contributed by atoms with Crippen molar-refractivity contribution in [1.29, 1.82) is 0 Å². The van der Waals surface area contributed by atoms with Crippen LogP contribution >= 0.6 is 11.6 Å². The molecule has 1 aliphatic carbocycles. The van der Waals surface area contributed by atoms with Gasteiger partial charge in [-0.25, -0.2) is 0 Å². The highest BCUT2D eigenvalue weighted by atomic mass is 35.5. The van der Waals surface area contributed by atoms with Crippen LogP contribution in [-0.4, -0.2) is 40.6 Å². The van der Waals surface area contributed by atoms with Gasteiger partial charge in [0.25, 0.3) is 11.8 Å². The van der Waals surface area contributed by atoms with E-state index in [9.17, 15) is 9.59 Å². The van der Waals surface area contributed by atoms with Gasteiger partial charge in [0, 0.05) is 25.7 Å². The first-order valence-electron chi connectivity index (χ1n) is 9.01. The normalized spacial score (nSPS) is 14.1. The molecule has 3 rings (SSSR count). The SMILES string of the molecule is CN(C)C(=O)c1cc(NC(=O)c2cc(C3CC3)nn2C(C)(C)C)ccc1Cl. The molecule has 1 saturated carbocycles. The Bertz CT molecular complexity index is 892. The third-order valence-corrected chi connectivity index (χ3v) is 4.78. The Morgan fingerprint density at radius 3 is 2.44 bits per heavy atom. The number of rotatable bonds is 4. The number of carbonyl (C=O) groups excluding carboxylic acids is 2. The van der Waals surface area contributed by atoms with Crippen LogP contribution in [0, 0.1) is 0 Å². The topological polar surface area (TPSA) is 67.2 Å². The van der Waals surface area contributed by atoms with Crippen LogP contribution in [-0.2, 0) is 5.54 Å². The summed E-state index contributed by atoms with van der Waals surface area (Å²) in [6, 6.07) is 6.78. The Balaban J connectivity index is 1.90. The Hall–Kier alpha value is -2.34. The van der Waals surface area contributed by atoms with Crippen LogP contribution in [0.2, 0.25) is 5.02 Å². The number of halogens is 1. The molecule has 1 aromatic heterocycles. The van der Waals surface area contributed by atoms with Gasteiger partial charge < -0.3 is 10.2 Å². The fourth-order valence-corrected chi connectivity index (χ4v) is 3.05. The van der Waals surface area contributed by atoms with Crippen molar-refractivity contribution in [2.45, 2.75) is 45.1 Å². The number of nitrogens with one attached hydrogen (secondary N) is 1. The van der Waals surface area contributed by atoms with Crippen molar-refractivity contribution in [3.05, 3.63) is 46.2 Å². The predicted molar refractivity (Wildman–Crippen MR) is 107 cm³/mol. The summed E-state index contributed by atoms with van der Waals surface area (Å²) in [5, 5.41) is 7.89. The number of carbonyl (C=O) groups is 2. The first-order valence-corrected chi connectivity index (χ1v) is 9.38. The standard InChI is InChI=1S/C20H25ClN4O2/c1-20(2,3)25-17(11-16(23-25)12-6-7-12)18(26)22-13-8-9-15(21)14(10-13)19(27)24(4)5/h8-12H,6-7H2,1-5H3,(H,22,26). The molecule has 0 spiro atoms. The predicted octanol–water partition coefficient (Wildman–Crippen LogP) is 4.12. The summed E-state index contributed by atoms with van der Waals surface area (Å²) < 4.78 is 1.78. The minimum absolute atomic E-state index is 0.216. The molecule has 1 heterocycles. The van der Waals surface area contributed by atoms with E-state index in [4.69, 9.17) is 11.6 Å². The van der Waals surface area contributed by atoms with E-state index in [0.29, 0.717) is 27.9 Å². The molecule has 144 valence electrons. The van der Waals surface area contributed by atoms with Crippen molar-refractivity contribution in [3.8, 4) is 0 Å². The lowest BCUT2D eigenvalue weighted by Crippen LogP contribution is -2.29. The maximum atomic E-state index is 12.9. The molecule has 1 fully saturated rings. The molecule has 0 aliphatic heterocycles. The number of nitrogens with zero attached hydrogens (tertiary/aromatic N) is 3. The monoisotopic (exact) mass is 388 g/mol. The average Bonchev–Trinajstić information content (AvgIpc) is 3.32. The van der Waals surface area contributed by atoms with Crippen LogP contribution in [0.5, 0.6) is 0 Å². The molecule has 0 saturated heterocycles. The highest BCUT2D eigenvalue weighted by molar-refractivity contribution is 6.34. The molecule has 27 heavy (non-hydrogen) atoms. The number of hydrogen-bond acceptors (Lipinski definition) is 3. The minimum atomic E-state index is -0.314. The van der Waals surface area contributed by atoms with Crippen molar-refractivity contribution < 1.29 is 9.59 Å². The Kier molecular flexibility index (Phi) is 5.04. The second kappa shape index (κ2) is 7.00. The molecule has 0 unspecified atom stereocenters. The van der Waals surface area contributed by atoms with Crippen molar-refractivity contribution in [3.63, 3.8) is 0 Å². The average molecular weight is 389 g/mol. The molecular weight excluding hydrogens is 364 g/mol. The number of benzene rings is 1. The molecule has 2 aromatic rings. The number of anilines is 1. The van der Waals surface area contributed by atoms with E-state index in [1.165, 1.54) is 4.90 Å². The molecule has 1 N–H and O–H groups in total. The van der Waals surface area contributed by atoms with Crippen molar-refractivity contribution >= 4 is 29.1 Å². The molecule has 7 heteroatoms. The van der Waals surface area contributed by atoms with Gasteiger partial charge in [0.2, 0.25) is 0 Å². The molecule has 0 atom stereocenters. The van der Waals surface area contributed by atoms with Gasteiger partial charge in [-0.3, -0.25) is 14.3 Å². The minimum Gasteiger partial charge on any atom is -0.345 e. The third kappa shape index (κ3) is 4.16. The molecule has 1 aromatic carbocycles. The van der Waals surface area contributed by atoms with Crippen molar-refractivity contribution in [1.82, 2.24) is 14.7 Å². The zero-order chi connectivity index (χ0) is 19.9. The summed E-state index contributed by atoms with van der Waals surface area (Å²) in [6.07, 6.45) is 2.24. The molecule has 1 aliphatic rings. The maximum Gasteiger partial charge on any atom is 0.273 e. The quantitative estimate of drug-likeness (QED) is 0.856. The molecule has 0 bridgehead atoms. The second-order valence-corrected chi connectivity index (χ2v) is 8.57. The van der Waals surface area contributed by atoms with Gasteiger partial charge >= 0.3 is 0 Å². The van der Waals surface area contributed by atoms with E-state index in [1.807, 2.05) is 26.8 Å². The molecule has 2 amide bonds. The van der Waals surface area contributed by atoms with Gasteiger partial charge in [0.15, 0.2) is 0 Å². The first-order chi connectivity index (χ1) is 12.6.